The van der Waals surface area contributed by atoms with E-state index in [0.29, 0.717) is 17.7 Å². The number of aromatic nitrogens is 1. The first kappa shape index (κ1) is 25.5. The van der Waals surface area contributed by atoms with Crippen LogP contribution in [0.3, 0.4) is 0 Å². The zero-order valence-electron chi connectivity index (χ0n) is 18.8. The van der Waals surface area contributed by atoms with Crippen molar-refractivity contribution in [3.63, 3.8) is 0 Å². The van der Waals surface area contributed by atoms with Gasteiger partial charge in [-0.05, 0) is 56.7 Å². The van der Waals surface area contributed by atoms with Gasteiger partial charge in [0.25, 0.3) is 0 Å². The number of halogens is 5. The average Bonchev–Trinajstić information content (AvgIpc) is 2.72. The highest BCUT2D eigenvalue weighted by Crippen LogP contribution is 2.38. The van der Waals surface area contributed by atoms with Crippen LogP contribution in [0.4, 0.5) is 22.4 Å². The lowest BCUT2D eigenvalue weighted by Crippen LogP contribution is -2.56. The molecule has 0 aliphatic rings. The van der Waals surface area contributed by atoms with Crippen molar-refractivity contribution >= 4 is 17.6 Å². The molecule has 34 heavy (non-hydrogen) atoms. The lowest BCUT2D eigenvalue weighted by Gasteiger charge is -2.37. The highest BCUT2D eigenvalue weighted by atomic mass is 35.5. The van der Waals surface area contributed by atoms with Gasteiger partial charge in [-0.3, -0.25) is 4.98 Å². The van der Waals surface area contributed by atoms with Crippen LogP contribution in [0, 0.1) is 5.82 Å². The minimum absolute atomic E-state index is 0.0712. The second-order valence-corrected chi connectivity index (χ2v) is 9.39. The van der Waals surface area contributed by atoms with E-state index in [1.54, 1.807) is 51.1 Å². The van der Waals surface area contributed by atoms with Crippen molar-refractivity contribution in [2.75, 3.05) is 0 Å². The summed E-state index contributed by atoms with van der Waals surface area (Å²) in [7, 11) is 0. The lowest BCUT2D eigenvalue weighted by molar-refractivity contribution is -0.137. The monoisotopic (exact) mass is 493 g/mol. The van der Waals surface area contributed by atoms with Crippen LogP contribution in [0.1, 0.15) is 43.2 Å². The van der Waals surface area contributed by atoms with Crippen molar-refractivity contribution in [1.82, 2.24) is 15.6 Å². The molecule has 0 bridgehead atoms. The van der Waals surface area contributed by atoms with Crippen molar-refractivity contribution in [2.24, 2.45) is 0 Å². The summed E-state index contributed by atoms with van der Waals surface area (Å²) in [5.41, 5.74) is -3.09. The predicted octanol–water partition coefficient (Wildman–Crippen LogP) is 6.48. The molecule has 0 aliphatic carbocycles. The maximum atomic E-state index is 15.3. The molecule has 180 valence electrons. The molecule has 2 amide bonds. The summed E-state index contributed by atoms with van der Waals surface area (Å²) in [5.74, 6) is -0.920. The highest BCUT2D eigenvalue weighted by Gasteiger charge is 2.42. The quantitative estimate of drug-likeness (QED) is 0.400. The van der Waals surface area contributed by atoms with Crippen molar-refractivity contribution in [3.8, 4) is 0 Å². The molecule has 2 aromatic carbocycles. The zero-order valence-corrected chi connectivity index (χ0v) is 19.6. The van der Waals surface area contributed by atoms with E-state index in [1.165, 1.54) is 18.3 Å². The zero-order chi connectivity index (χ0) is 25.1. The molecule has 0 spiro atoms. The van der Waals surface area contributed by atoms with Crippen LogP contribution < -0.4 is 10.6 Å². The van der Waals surface area contributed by atoms with E-state index < -0.39 is 34.7 Å². The molecule has 4 nitrogen and oxygen atoms in total. The van der Waals surface area contributed by atoms with E-state index in [0.717, 1.165) is 6.07 Å². The number of amides is 2. The first-order valence-corrected chi connectivity index (χ1v) is 10.8. The van der Waals surface area contributed by atoms with Gasteiger partial charge in [-0.15, -0.1) is 0 Å². The van der Waals surface area contributed by atoms with Crippen LogP contribution in [0.25, 0.3) is 0 Å². The smallest absolute Gasteiger partial charge is 0.334 e. The molecule has 1 atom stereocenters. The van der Waals surface area contributed by atoms with E-state index in [-0.39, 0.29) is 22.7 Å². The molecule has 3 rings (SSSR count). The van der Waals surface area contributed by atoms with Gasteiger partial charge in [-0.25, -0.2) is 9.18 Å². The van der Waals surface area contributed by atoms with E-state index in [1.807, 2.05) is 0 Å². The largest absolute Gasteiger partial charge is 0.416 e. The summed E-state index contributed by atoms with van der Waals surface area (Å²) in [5, 5.41) is 5.75. The molecule has 9 heteroatoms. The van der Waals surface area contributed by atoms with Crippen LogP contribution in [-0.4, -0.2) is 16.6 Å². The molecule has 0 saturated carbocycles. The fourth-order valence-corrected chi connectivity index (χ4v) is 3.74. The van der Waals surface area contributed by atoms with E-state index in [2.05, 4.69) is 15.6 Å². The number of rotatable bonds is 5. The Kier molecular flexibility index (Phi) is 7.21. The SMILES string of the molecule is CC(C)(C)NC(=O)NC(Cc1ccccc1)(c1ccc(Cl)cn1)c1cc(C(F)(F)F)ccc1F. The molecule has 0 saturated heterocycles. The van der Waals surface area contributed by atoms with Crippen LogP contribution >= 0.6 is 11.6 Å². The van der Waals surface area contributed by atoms with Crippen molar-refractivity contribution in [2.45, 2.75) is 44.4 Å². The van der Waals surface area contributed by atoms with Gasteiger partial charge in [0.2, 0.25) is 0 Å². The van der Waals surface area contributed by atoms with Gasteiger partial charge in [0.15, 0.2) is 0 Å². The Hall–Kier alpha value is -3.13. The molecule has 3 aromatic rings. The number of carbonyl (C=O) groups is 1. The first-order valence-electron chi connectivity index (χ1n) is 10.4. The van der Waals surface area contributed by atoms with Gasteiger partial charge >= 0.3 is 12.2 Å². The normalized spacial score (nSPS) is 13.8. The second-order valence-electron chi connectivity index (χ2n) is 8.95. The summed E-state index contributed by atoms with van der Waals surface area (Å²) in [6.45, 7) is 5.24. The van der Waals surface area contributed by atoms with Gasteiger partial charge in [0.1, 0.15) is 11.4 Å². The predicted molar refractivity (Wildman–Crippen MR) is 123 cm³/mol. The average molecular weight is 494 g/mol. The number of nitrogens with one attached hydrogen (secondary N) is 2. The molecular weight excluding hydrogens is 470 g/mol. The van der Waals surface area contributed by atoms with Gasteiger partial charge in [-0.1, -0.05) is 41.9 Å². The minimum Gasteiger partial charge on any atom is -0.334 e. The number of carbonyl (C=O) groups excluding carboxylic acids is 1. The molecule has 1 heterocycles. The third-order valence-electron chi connectivity index (χ3n) is 5.05. The first-order chi connectivity index (χ1) is 15.8. The number of alkyl halides is 3. The maximum absolute atomic E-state index is 15.3. The summed E-state index contributed by atoms with van der Waals surface area (Å²) in [4.78, 5) is 17.3. The van der Waals surface area contributed by atoms with Crippen molar-refractivity contribution in [1.29, 1.82) is 0 Å². The Morgan fingerprint density at radius 3 is 2.21 bits per heavy atom. The second kappa shape index (κ2) is 9.62. The molecular formula is C25H24ClF4N3O. The third kappa shape index (κ3) is 6.05. The van der Waals surface area contributed by atoms with Crippen LogP contribution in [0.5, 0.6) is 0 Å². The molecule has 1 aromatic heterocycles. The van der Waals surface area contributed by atoms with Crippen LogP contribution in [0.2, 0.25) is 5.02 Å². The third-order valence-corrected chi connectivity index (χ3v) is 5.27. The summed E-state index contributed by atoms with van der Waals surface area (Å²) in [6, 6.07) is 13.1. The van der Waals surface area contributed by atoms with E-state index >= 15 is 4.39 Å². The standard InChI is InChI=1S/C25H24ClF4N3O/c1-23(2,3)32-22(34)33-24(14-16-7-5-4-6-8-16,21-12-10-18(26)15-31-21)19-13-17(25(28,29)30)9-11-20(19)27/h4-13,15H,14H2,1-3H3,(H2,32,33,34). The lowest BCUT2D eigenvalue weighted by atomic mass is 9.79. The number of benzene rings is 2. The summed E-state index contributed by atoms with van der Waals surface area (Å²) >= 11 is 5.99. The number of pyridine rings is 1. The van der Waals surface area contributed by atoms with Gasteiger partial charge in [0, 0.05) is 23.7 Å². The molecule has 2 N–H and O–H groups in total. The Morgan fingerprint density at radius 2 is 1.65 bits per heavy atom. The molecule has 0 radical (unpaired) electrons. The van der Waals surface area contributed by atoms with Gasteiger partial charge in [0.05, 0.1) is 16.3 Å². The Labute approximate surface area is 200 Å². The Balaban J connectivity index is 2.31. The van der Waals surface area contributed by atoms with Crippen molar-refractivity contribution < 1.29 is 22.4 Å². The molecule has 0 fully saturated rings. The van der Waals surface area contributed by atoms with Crippen LogP contribution in [-0.2, 0) is 18.1 Å². The van der Waals surface area contributed by atoms with Gasteiger partial charge < -0.3 is 10.6 Å². The van der Waals surface area contributed by atoms with Crippen LogP contribution in [0.15, 0.2) is 66.9 Å². The fourth-order valence-electron chi connectivity index (χ4n) is 3.62. The number of hydrogen-bond acceptors (Lipinski definition) is 2. The maximum Gasteiger partial charge on any atom is 0.416 e. The fraction of sp³-hybridized carbons (Fsp3) is 0.280. The number of urea groups is 1. The molecule has 0 aliphatic heterocycles. The Morgan fingerprint density at radius 1 is 0.971 bits per heavy atom. The highest BCUT2D eigenvalue weighted by molar-refractivity contribution is 6.30. The number of nitrogens with zero attached hydrogens (tertiary/aromatic N) is 1. The van der Waals surface area contributed by atoms with Crippen molar-refractivity contribution in [3.05, 3.63) is 100 Å². The van der Waals surface area contributed by atoms with E-state index in [9.17, 15) is 18.0 Å². The minimum atomic E-state index is -4.72. The Bertz CT molecular complexity index is 1150. The topological polar surface area (TPSA) is 54.0 Å². The summed E-state index contributed by atoms with van der Waals surface area (Å²) in [6.07, 6.45) is -3.49. The van der Waals surface area contributed by atoms with Gasteiger partial charge in [-0.2, -0.15) is 13.2 Å². The molecule has 1 unspecified atom stereocenters. The summed E-state index contributed by atoms with van der Waals surface area (Å²) < 4.78 is 56.1. The number of hydrogen-bond donors (Lipinski definition) is 2. The van der Waals surface area contributed by atoms with E-state index in [4.69, 9.17) is 11.6 Å².